The van der Waals surface area contributed by atoms with E-state index in [1.54, 1.807) is 17.5 Å². The maximum Gasteiger partial charge on any atom is 0.151 e. The molecule has 0 amide bonds. The SMILES string of the molecule is O=S1(=O)CC[C@H](N2CCN(Cc3ccc(-c4ccn[nH]4)s3)CC2)C1. The molecule has 2 aliphatic heterocycles. The predicted octanol–water partition coefficient (Wildman–Crippen LogP) is 1.44. The smallest absolute Gasteiger partial charge is 0.151 e. The lowest BCUT2D eigenvalue weighted by Crippen LogP contribution is -2.50. The first-order chi connectivity index (χ1) is 11.6. The van der Waals surface area contributed by atoms with Crippen molar-refractivity contribution >= 4 is 21.2 Å². The van der Waals surface area contributed by atoms with Crippen LogP contribution in [-0.2, 0) is 16.4 Å². The summed E-state index contributed by atoms with van der Waals surface area (Å²) >= 11 is 1.80. The second kappa shape index (κ2) is 6.59. The van der Waals surface area contributed by atoms with Gasteiger partial charge in [0.15, 0.2) is 9.84 Å². The molecule has 0 aromatic carbocycles. The first kappa shape index (κ1) is 16.3. The van der Waals surface area contributed by atoms with Gasteiger partial charge in [-0.2, -0.15) is 5.10 Å². The second-order valence-electron chi connectivity index (χ2n) is 6.61. The van der Waals surface area contributed by atoms with Crippen LogP contribution in [0, 0.1) is 0 Å². The quantitative estimate of drug-likeness (QED) is 0.887. The molecule has 0 radical (unpaired) electrons. The van der Waals surface area contributed by atoms with Gasteiger partial charge in [-0.05, 0) is 24.6 Å². The molecular formula is C16H22N4O2S2. The van der Waals surface area contributed by atoms with Gasteiger partial charge in [0.05, 0.1) is 22.1 Å². The van der Waals surface area contributed by atoms with Crippen molar-refractivity contribution in [1.29, 1.82) is 0 Å². The Bertz CT molecular complexity index is 777. The highest BCUT2D eigenvalue weighted by Gasteiger charge is 2.33. The Morgan fingerprint density at radius 3 is 2.71 bits per heavy atom. The molecule has 2 saturated heterocycles. The van der Waals surface area contributed by atoms with E-state index in [-0.39, 0.29) is 6.04 Å². The van der Waals surface area contributed by atoms with Gasteiger partial charge in [0.2, 0.25) is 0 Å². The summed E-state index contributed by atoms with van der Waals surface area (Å²) < 4.78 is 23.3. The summed E-state index contributed by atoms with van der Waals surface area (Å²) in [6.07, 6.45) is 2.58. The minimum absolute atomic E-state index is 0.242. The molecule has 2 aromatic rings. The number of hydrogen-bond acceptors (Lipinski definition) is 6. The van der Waals surface area contributed by atoms with Gasteiger partial charge < -0.3 is 0 Å². The summed E-state index contributed by atoms with van der Waals surface area (Å²) in [7, 11) is -2.79. The highest BCUT2D eigenvalue weighted by atomic mass is 32.2. The molecule has 1 atom stereocenters. The largest absolute Gasteiger partial charge is 0.297 e. The molecular weight excluding hydrogens is 344 g/mol. The van der Waals surface area contributed by atoms with E-state index < -0.39 is 9.84 Å². The number of hydrogen-bond donors (Lipinski definition) is 1. The first-order valence-corrected chi connectivity index (χ1v) is 11.0. The Morgan fingerprint density at radius 1 is 1.21 bits per heavy atom. The van der Waals surface area contributed by atoms with Crippen molar-refractivity contribution in [2.45, 2.75) is 19.0 Å². The number of H-pyrrole nitrogens is 1. The van der Waals surface area contributed by atoms with E-state index >= 15 is 0 Å². The summed E-state index contributed by atoms with van der Waals surface area (Å²) in [6, 6.07) is 6.57. The van der Waals surface area contributed by atoms with Crippen LogP contribution in [0.5, 0.6) is 0 Å². The van der Waals surface area contributed by atoms with E-state index in [9.17, 15) is 8.42 Å². The lowest BCUT2D eigenvalue weighted by molar-refractivity contribution is 0.101. The number of thiophene rings is 1. The molecule has 2 fully saturated rings. The molecule has 4 heterocycles. The van der Waals surface area contributed by atoms with Crippen molar-refractivity contribution in [1.82, 2.24) is 20.0 Å². The van der Waals surface area contributed by atoms with E-state index in [0.717, 1.165) is 44.8 Å². The molecule has 2 aliphatic rings. The van der Waals surface area contributed by atoms with Gasteiger partial charge in [0.25, 0.3) is 0 Å². The molecule has 0 unspecified atom stereocenters. The molecule has 130 valence electrons. The van der Waals surface area contributed by atoms with E-state index in [1.165, 1.54) is 9.75 Å². The number of rotatable bonds is 4. The number of sulfone groups is 1. The van der Waals surface area contributed by atoms with E-state index in [0.29, 0.717) is 11.5 Å². The van der Waals surface area contributed by atoms with Crippen molar-refractivity contribution in [3.63, 3.8) is 0 Å². The number of aromatic amines is 1. The van der Waals surface area contributed by atoms with Gasteiger partial charge in [0.1, 0.15) is 0 Å². The molecule has 0 spiro atoms. The second-order valence-corrected chi connectivity index (χ2v) is 10.0. The lowest BCUT2D eigenvalue weighted by atomic mass is 10.2. The van der Waals surface area contributed by atoms with E-state index in [2.05, 4.69) is 32.1 Å². The normalized spacial score (nSPS) is 25.2. The summed E-state index contributed by atoms with van der Waals surface area (Å²) in [5, 5.41) is 7.01. The molecule has 2 aromatic heterocycles. The Kier molecular flexibility index (Phi) is 4.46. The number of piperazine rings is 1. The van der Waals surface area contributed by atoms with Crippen LogP contribution in [0.3, 0.4) is 0 Å². The summed E-state index contributed by atoms with van der Waals surface area (Å²) in [6.45, 7) is 4.93. The number of nitrogens with one attached hydrogen (secondary N) is 1. The van der Waals surface area contributed by atoms with Gasteiger partial charge >= 0.3 is 0 Å². The van der Waals surface area contributed by atoms with Crippen LogP contribution in [0.4, 0.5) is 0 Å². The van der Waals surface area contributed by atoms with Crippen LogP contribution >= 0.6 is 11.3 Å². The molecule has 4 rings (SSSR count). The molecule has 6 nitrogen and oxygen atoms in total. The molecule has 0 aliphatic carbocycles. The Labute approximate surface area is 146 Å². The van der Waals surface area contributed by atoms with Gasteiger partial charge in [-0.25, -0.2) is 8.42 Å². The summed E-state index contributed by atoms with van der Waals surface area (Å²) in [5.41, 5.74) is 1.07. The van der Waals surface area contributed by atoms with Crippen molar-refractivity contribution in [2.75, 3.05) is 37.7 Å². The fourth-order valence-electron chi connectivity index (χ4n) is 3.57. The predicted molar refractivity (Wildman–Crippen MR) is 95.8 cm³/mol. The molecule has 1 N–H and O–H groups in total. The van der Waals surface area contributed by atoms with Crippen LogP contribution < -0.4 is 0 Å². The zero-order chi connectivity index (χ0) is 16.6. The summed E-state index contributed by atoms with van der Waals surface area (Å²) in [4.78, 5) is 7.40. The van der Waals surface area contributed by atoms with E-state index in [4.69, 9.17) is 0 Å². The Hall–Kier alpha value is -1.22. The third kappa shape index (κ3) is 3.56. The Balaban J connectivity index is 1.31. The van der Waals surface area contributed by atoms with E-state index in [1.807, 2.05) is 6.07 Å². The minimum Gasteiger partial charge on any atom is -0.297 e. The molecule has 24 heavy (non-hydrogen) atoms. The minimum atomic E-state index is -2.79. The van der Waals surface area contributed by atoms with Crippen LogP contribution in [0.25, 0.3) is 10.6 Å². The zero-order valence-electron chi connectivity index (χ0n) is 13.5. The van der Waals surface area contributed by atoms with Crippen LogP contribution in [0.15, 0.2) is 24.4 Å². The van der Waals surface area contributed by atoms with Crippen molar-refractivity contribution in [3.8, 4) is 10.6 Å². The van der Waals surface area contributed by atoms with Crippen LogP contribution in [0.2, 0.25) is 0 Å². The van der Waals surface area contributed by atoms with Gasteiger partial charge in [0, 0.05) is 49.8 Å². The third-order valence-electron chi connectivity index (χ3n) is 4.94. The van der Waals surface area contributed by atoms with Crippen LogP contribution in [-0.4, -0.2) is 72.1 Å². The maximum atomic E-state index is 11.6. The van der Waals surface area contributed by atoms with Gasteiger partial charge in [-0.15, -0.1) is 11.3 Å². The lowest BCUT2D eigenvalue weighted by Gasteiger charge is -2.37. The Morgan fingerprint density at radius 2 is 2.04 bits per heavy atom. The van der Waals surface area contributed by atoms with Crippen molar-refractivity contribution in [2.24, 2.45) is 0 Å². The van der Waals surface area contributed by atoms with Crippen molar-refractivity contribution in [3.05, 3.63) is 29.3 Å². The van der Waals surface area contributed by atoms with Gasteiger partial charge in [-0.3, -0.25) is 14.9 Å². The fraction of sp³-hybridized carbons (Fsp3) is 0.562. The summed E-state index contributed by atoms with van der Waals surface area (Å²) in [5.74, 6) is 0.717. The molecule has 0 bridgehead atoms. The molecule has 0 saturated carbocycles. The average molecular weight is 367 g/mol. The third-order valence-corrected chi connectivity index (χ3v) is 7.79. The average Bonchev–Trinajstić information content (AvgIpc) is 3.28. The van der Waals surface area contributed by atoms with Gasteiger partial charge in [-0.1, -0.05) is 0 Å². The standard InChI is InChI=1S/C16H22N4O2S2/c21-24(22)10-4-13(12-24)20-8-6-19(7-9-20)11-14-1-2-16(23-14)15-3-5-17-18-15/h1-3,5,13H,4,6-12H2,(H,17,18)/t13-/m0/s1. The van der Waals surface area contributed by atoms with Crippen LogP contribution in [0.1, 0.15) is 11.3 Å². The maximum absolute atomic E-state index is 11.6. The molecule has 8 heteroatoms. The highest BCUT2D eigenvalue weighted by Crippen LogP contribution is 2.27. The zero-order valence-corrected chi connectivity index (χ0v) is 15.2. The topological polar surface area (TPSA) is 69.3 Å². The first-order valence-electron chi connectivity index (χ1n) is 8.34. The fourth-order valence-corrected chi connectivity index (χ4v) is 6.36. The number of nitrogens with zero attached hydrogens (tertiary/aromatic N) is 3. The monoisotopic (exact) mass is 366 g/mol. The van der Waals surface area contributed by atoms with Crippen molar-refractivity contribution < 1.29 is 8.42 Å². The number of aromatic nitrogens is 2. The highest BCUT2D eigenvalue weighted by molar-refractivity contribution is 7.91.